The maximum atomic E-state index is 10.8. The molecule has 3 nitrogen and oxygen atoms in total. The van der Waals surface area contributed by atoms with Gasteiger partial charge in [0.1, 0.15) is 10.1 Å². The molecule has 0 saturated heterocycles. The molecule has 0 radical (unpaired) electrons. The molecular weight excluding hydrogens is 188 g/mol. The zero-order chi connectivity index (χ0) is 9.26. The van der Waals surface area contributed by atoms with Gasteiger partial charge in [0.15, 0.2) is 0 Å². The van der Waals surface area contributed by atoms with Gasteiger partial charge >= 0.3 is 0 Å². The summed E-state index contributed by atoms with van der Waals surface area (Å²) in [4.78, 5) is 0. The smallest absolute Gasteiger partial charge is 0.222 e. The van der Waals surface area contributed by atoms with Crippen molar-refractivity contribution < 1.29 is 12.8 Å². The second-order valence-electron chi connectivity index (χ2n) is 2.52. The molecule has 0 aliphatic carbocycles. The number of hydrogen-bond donors (Lipinski definition) is 0. The maximum absolute atomic E-state index is 10.8. The molecule has 0 unspecified atom stereocenters. The summed E-state index contributed by atoms with van der Waals surface area (Å²) in [6, 6.07) is 8.44. The first-order valence-corrected chi connectivity index (χ1v) is 4.75. The van der Waals surface area contributed by atoms with E-state index < -0.39 is 10.3 Å². The summed E-state index contributed by atoms with van der Waals surface area (Å²) in [6.45, 7) is 0. The van der Waals surface area contributed by atoms with E-state index in [1.165, 1.54) is 12.3 Å². The number of benzene rings is 1. The normalized spacial score (nSPS) is 10.2. The lowest BCUT2D eigenvalue weighted by Crippen LogP contribution is -1.74. The van der Waals surface area contributed by atoms with Crippen LogP contribution in [0.5, 0.6) is 0 Å². The van der Waals surface area contributed by atoms with E-state index >= 15 is 0 Å². The number of rotatable bonds is 0. The molecule has 1 aromatic carbocycles. The second kappa shape index (κ2) is 3.06. The van der Waals surface area contributed by atoms with Crippen LogP contribution in [0.25, 0.3) is 11.0 Å². The molecule has 1 heterocycles. The summed E-state index contributed by atoms with van der Waals surface area (Å²) in [6.07, 6.45) is 1.37. The van der Waals surface area contributed by atoms with Crippen molar-refractivity contribution in [2.24, 2.45) is 0 Å². The van der Waals surface area contributed by atoms with Gasteiger partial charge in [0.05, 0.1) is 6.26 Å². The number of fused-ring (bicyclic) bond motifs is 1. The van der Waals surface area contributed by atoms with Crippen LogP contribution in [-0.4, -0.2) is 8.42 Å². The molecule has 0 atom stereocenters. The van der Waals surface area contributed by atoms with Crippen molar-refractivity contribution in [3.05, 3.63) is 41.1 Å². The summed E-state index contributed by atoms with van der Waals surface area (Å²) in [7, 11) is -2.21. The Hall–Kier alpha value is -1.55. The summed E-state index contributed by atoms with van der Waals surface area (Å²) in [5.74, 6) is 0. The van der Waals surface area contributed by atoms with Gasteiger partial charge in [0, 0.05) is 5.39 Å². The first-order valence-electron chi connectivity index (χ1n) is 3.68. The molecule has 66 valence electrons. The van der Waals surface area contributed by atoms with Gasteiger partial charge in [-0.15, -0.1) is 0 Å². The molecule has 0 amide bonds. The highest BCUT2D eigenvalue weighted by Gasteiger charge is 1.95. The van der Waals surface area contributed by atoms with E-state index in [1.807, 2.05) is 0 Å². The quantitative estimate of drug-likeness (QED) is 0.601. The van der Waals surface area contributed by atoms with Gasteiger partial charge in [0.2, 0.25) is 10.3 Å². The van der Waals surface area contributed by atoms with Crippen LogP contribution in [0.4, 0.5) is 0 Å². The number of para-hydroxylation sites is 1. The van der Waals surface area contributed by atoms with Crippen LogP contribution in [0, 0.1) is 4.51 Å². The molecule has 4 heteroatoms. The van der Waals surface area contributed by atoms with Crippen molar-refractivity contribution >= 4 is 21.3 Å². The van der Waals surface area contributed by atoms with Gasteiger partial charge in [-0.3, -0.25) is 0 Å². The second-order valence-corrected chi connectivity index (χ2v) is 3.42. The zero-order valence-electron chi connectivity index (χ0n) is 6.60. The Morgan fingerprint density at radius 3 is 2.62 bits per heavy atom. The van der Waals surface area contributed by atoms with E-state index in [9.17, 15) is 8.42 Å². The van der Waals surface area contributed by atoms with E-state index in [2.05, 4.69) is 0 Å². The fourth-order valence-corrected chi connectivity index (χ4v) is 1.69. The molecule has 0 spiro atoms. The summed E-state index contributed by atoms with van der Waals surface area (Å²) < 4.78 is 26.9. The lowest BCUT2D eigenvalue weighted by atomic mass is 10.2. The topological polar surface area (TPSA) is 47.3 Å². The van der Waals surface area contributed by atoms with Crippen LogP contribution in [0.2, 0.25) is 0 Å². The van der Waals surface area contributed by atoms with Gasteiger partial charge in [-0.1, -0.05) is 12.1 Å². The van der Waals surface area contributed by atoms with Crippen LogP contribution in [0.3, 0.4) is 0 Å². The Labute approximate surface area is 75.8 Å². The first kappa shape index (κ1) is 8.07. The van der Waals surface area contributed by atoms with E-state index in [0.717, 1.165) is 0 Å². The largest absolute Gasteiger partial charge is 0.464 e. The first-order chi connectivity index (χ1) is 6.29. The fourth-order valence-electron chi connectivity index (χ4n) is 1.18. The van der Waals surface area contributed by atoms with Crippen molar-refractivity contribution in [3.8, 4) is 0 Å². The predicted octanol–water partition coefficient (Wildman–Crippen LogP) is 1.84. The Bertz CT molecular complexity index is 595. The van der Waals surface area contributed by atoms with Gasteiger partial charge in [-0.05, 0) is 18.2 Å². The van der Waals surface area contributed by atoms with Crippen LogP contribution in [-0.2, 0) is 10.3 Å². The van der Waals surface area contributed by atoms with Crippen molar-refractivity contribution in [1.29, 1.82) is 0 Å². The minimum absolute atomic E-state index is 0.266. The highest BCUT2D eigenvalue weighted by Crippen LogP contribution is 2.13. The highest BCUT2D eigenvalue weighted by molar-refractivity contribution is 7.64. The molecule has 0 N–H and O–H groups in total. The molecule has 0 aliphatic heterocycles. The Morgan fingerprint density at radius 1 is 1.08 bits per heavy atom. The van der Waals surface area contributed by atoms with Gasteiger partial charge < -0.3 is 4.42 Å². The van der Waals surface area contributed by atoms with Crippen LogP contribution in [0.15, 0.2) is 41.0 Å². The third kappa shape index (κ3) is 1.36. The average Bonchev–Trinajstić information content (AvgIpc) is 2.17. The molecule has 2 rings (SSSR count). The van der Waals surface area contributed by atoms with E-state index in [0.29, 0.717) is 11.0 Å². The molecule has 0 bridgehead atoms. The van der Waals surface area contributed by atoms with Crippen molar-refractivity contribution in [2.75, 3.05) is 0 Å². The average molecular weight is 194 g/mol. The standard InChI is InChI=1S/C9H6O3S/c10-13(11)9-5-6-12-8-4-2-1-3-7(8)9/h1-6H. The Kier molecular flexibility index (Phi) is 1.90. The van der Waals surface area contributed by atoms with E-state index in [4.69, 9.17) is 4.42 Å². The van der Waals surface area contributed by atoms with Gasteiger partial charge in [0.25, 0.3) is 0 Å². The molecule has 0 fully saturated rings. The monoisotopic (exact) mass is 194 g/mol. The third-order valence-corrected chi connectivity index (χ3v) is 2.46. The summed E-state index contributed by atoms with van der Waals surface area (Å²) in [5, 5.41) is 0.610. The molecule has 0 aliphatic rings. The van der Waals surface area contributed by atoms with Crippen LogP contribution < -0.4 is 0 Å². The molecule has 13 heavy (non-hydrogen) atoms. The van der Waals surface area contributed by atoms with Crippen LogP contribution >= 0.6 is 0 Å². The third-order valence-electron chi connectivity index (χ3n) is 1.75. The zero-order valence-corrected chi connectivity index (χ0v) is 7.41. The van der Waals surface area contributed by atoms with Gasteiger partial charge in [-0.25, -0.2) is 0 Å². The molecule has 0 saturated carbocycles. The van der Waals surface area contributed by atoms with E-state index in [-0.39, 0.29) is 4.51 Å². The van der Waals surface area contributed by atoms with Crippen molar-refractivity contribution in [3.63, 3.8) is 0 Å². The van der Waals surface area contributed by atoms with Crippen LogP contribution in [0.1, 0.15) is 0 Å². The molecular formula is C9H6O3S. The molecule has 1 aromatic heterocycles. The lowest BCUT2D eigenvalue weighted by molar-refractivity contribution is 0.601. The number of hydrogen-bond acceptors (Lipinski definition) is 3. The minimum atomic E-state index is -2.21. The van der Waals surface area contributed by atoms with Crippen molar-refractivity contribution in [2.45, 2.75) is 0 Å². The predicted molar refractivity (Wildman–Crippen MR) is 48.4 cm³/mol. The minimum Gasteiger partial charge on any atom is -0.464 e. The fraction of sp³-hybridized carbons (Fsp3) is 0. The highest BCUT2D eigenvalue weighted by atomic mass is 32.2. The van der Waals surface area contributed by atoms with Gasteiger partial charge in [-0.2, -0.15) is 8.42 Å². The maximum Gasteiger partial charge on any atom is 0.222 e. The van der Waals surface area contributed by atoms with E-state index in [1.54, 1.807) is 24.3 Å². The molecule has 2 aromatic rings. The SMILES string of the molecule is O=S(=O)=c1ccoc2ccccc12. The van der Waals surface area contributed by atoms with Crippen molar-refractivity contribution in [1.82, 2.24) is 0 Å². The Morgan fingerprint density at radius 2 is 1.85 bits per heavy atom. The Balaban J connectivity index is 3.20. The summed E-state index contributed by atoms with van der Waals surface area (Å²) in [5.41, 5.74) is 0.573. The lowest BCUT2D eigenvalue weighted by Gasteiger charge is -1.92. The summed E-state index contributed by atoms with van der Waals surface area (Å²) >= 11 is 0.